The van der Waals surface area contributed by atoms with Gasteiger partial charge in [0.1, 0.15) is 11.5 Å². The van der Waals surface area contributed by atoms with Crippen LogP contribution in [0.3, 0.4) is 0 Å². The summed E-state index contributed by atoms with van der Waals surface area (Å²) in [6, 6.07) is 3.62. The number of nitrogens with zero attached hydrogens (tertiary/aromatic N) is 1. The van der Waals surface area contributed by atoms with Gasteiger partial charge in [0.2, 0.25) is 0 Å². The Morgan fingerprint density at radius 2 is 2.05 bits per heavy atom. The van der Waals surface area contributed by atoms with Crippen molar-refractivity contribution in [3.63, 3.8) is 0 Å². The lowest BCUT2D eigenvalue weighted by molar-refractivity contribution is 0.390. The highest BCUT2D eigenvalue weighted by atomic mass is 32.2. The van der Waals surface area contributed by atoms with E-state index in [1.54, 1.807) is 0 Å². The van der Waals surface area contributed by atoms with Gasteiger partial charge in [-0.3, -0.25) is 4.72 Å². The van der Waals surface area contributed by atoms with Gasteiger partial charge in [-0.2, -0.15) is 0 Å². The highest BCUT2D eigenvalue weighted by Gasteiger charge is 2.25. The summed E-state index contributed by atoms with van der Waals surface area (Å²) in [6.45, 7) is 2.95. The van der Waals surface area contributed by atoms with Gasteiger partial charge in [0.15, 0.2) is 10.7 Å². The van der Waals surface area contributed by atoms with Crippen LogP contribution in [0.25, 0.3) is 0 Å². The third-order valence-corrected chi connectivity index (χ3v) is 4.08. The summed E-state index contributed by atoms with van der Waals surface area (Å²) in [5, 5.41) is 3.55. The summed E-state index contributed by atoms with van der Waals surface area (Å²) in [7, 11) is -3.97. The molecule has 0 aliphatic heterocycles. The number of aryl methyl sites for hydroxylation is 2. The van der Waals surface area contributed by atoms with Crippen molar-refractivity contribution < 1.29 is 17.3 Å². The summed E-state index contributed by atoms with van der Waals surface area (Å²) in [5.74, 6) is -0.584. The number of rotatable bonds is 3. The Kier molecular flexibility index (Phi) is 3.19. The van der Waals surface area contributed by atoms with Crippen LogP contribution in [-0.2, 0) is 10.0 Å². The zero-order valence-corrected chi connectivity index (χ0v) is 11.1. The molecule has 0 spiro atoms. The summed E-state index contributed by atoms with van der Waals surface area (Å²) < 4.78 is 44.7. The quantitative estimate of drug-likeness (QED) is 0.838. The third-order valence-electron chi connectivity index (χ3n) is 2.47. The van der Waals surface area contributed by atoms with E-state index < -0.39 is 15.8 Å². The summed E-state index contributed by atoms with van der Waals surface area (Å²) >= 11 is 0. The second-order valence-electron chi connectivity index (χ2n) is 4.00. The molecule has 0 atom stereocenters. The van der Waals surface area contributed by atoms with Crippen LogP contribution in [-0.4, -0.2) is 13.6 Å². The Balaban J connectivity index is 2.45. The Hall–Kier alpha value is -2.09. The maximum atomic E-state index is 13.5. The van der Waals surface area contributed by atoms with Crippen molar-refractivity contribution >= 4 is 21.4 Å². The van der Waals surface area contributed by atoms with Crippen LogP contribution in [0, 0.1) is 19.7 Å². The smallest absolute Gasteiger partial charge is 0.267 e. The first-order valence-electron chi connectivity index (χ1n) is 5.32. The average molecular weight is 285 g/mol. The van der Waals surface area contributed by atoms with Gasteiger partial charge in [0.05, 0.1) is 5.69 Å². The second-order valence-corrected chi connectivity index (χ2v) is 5.62. The van der Waals surface area contributed by atoms with Crippen molar-refractivity contribution in [2.75, 3.05) is 10.5 Å². The van der Waals surface area contributed by atoms with Crippen molar-refractivity contribution in [3.05, 3.63) is 35.5 Å². The van der Waals surface area contributed by atoms with Gasteiger partial charge in [-0.05, 0) is 32.0 Å². The Bertz CT molecular complexity index is 705. The van der Waals surface area contributed by atoms with E-state index in [1.165, 1.54) is 26.0 Å². The first-order valence-corrected chi connectivity index (χ1v) is 6.80. The summed E-state index contributed by atoms with van der Waals surface area (Å²) in [6.07, 6.45) is 0. The Morgan fingerprint density at radius 3 is 2.63 bits per heavy atom. The molecule has 0 aliphatic rings. The maximum absolute atomic E-state index is 13.5. The molecule has 0 fully saturated rings. The number of benzene rings is 1. The molecule has 0 aliphatic carbocycles. The van der Waals surface area contributed by atoms with E-state index in [-0.39, 0.29) is 27.7 Å². The molecule has 0 radical (unpaired) electrons. The SMILES string of the molecule is Cc1noc(C)c1S(=O)(=O)Nc1cc(N)ccc1F. The van der Waals surface area contributed by atoms with Gasteiger partial charge in [-0.15, -0.1) is 0 Å². The summed E-state index contributed by atoms with van der Waals surface area (Å²) in [4.78, 5) is -0.102. The molecule has 19 heavy (non-hydrogen) atoms. The van der Waals surface area contributed by atoms with Crippen LogP contribution in [0.1, 0.15) is 11.5 Å². The van der Waals surface area contributed by atoms with Crippen LogP contribution < -0.4 is 10.5 Å². The molecule has 8 heteroatoms. The normalized spacial score (nSPS) is 11.5. The molecule has 102 valence electrons. The number of hydrogen-bond donors (Lipinski definition) is 2. The van der Waals surface area contributed by atoms with Gasteiger partial charge >= 0.3 is 0 Å². The second kappa shape index (κ2) is 4.54. The number of nitrogens with one attached hydrogen (secondary N) is 1. The number of nitrogens with two attached hydrogens (primary N) is 1. The highest BCUT2D eigenvalue weighted by molar-refractivity contribution is 7.92. The van der Waals surface area contributed by atoms with E-state index in [0.717, 1.165) is 6.07 Å². The molecule has 1 heterocycles. The predicted molar refractivity (Wildman–Crippen MR) is 67.6 cm³/mol. The molecule has 3 N–H and O–H groups in total. The molecule has 1 aromatic heterocycles. The van der Waals surface area contributed by atoms with Crippen LogP contribution >= 0.6 is 0 Å². The molecule has 2 aromatic rings. The topological polar surface area (TPSA) is 98.2 Å². The molecular weight excluding hydrogens is 273 g/mol. The first-order chi connectivity index (χ1) is 8.81. The van der Waals surface area contributed by atoms with Crippen LogP contribution in [0.15, 0.2) is 27.6 Å². The van der Waals surface area contributed by atoms with E-state index in [0.29, 0.717) is 0 Å². The fraction of sp³-hybridized carbons (Fsp3) is 0.182. The van der Waals surface area contributed by atoms with E-state index in [4.69, 9.17) is 10.3 Å². The van der Waals surface area contributed by atoms with Crippen molar-refractivity contribution in [2.45, 2.75) is 18.7 Å². The molecule has 0 saturated heterocycles. The highest BCUT2D eigenvalue weighted by Crippen LogP contribution is 2.24. The monoisotopic (exact) mass is 285 g/mol. The predicted octanol–water partition coefficient (Wildman–Crippen LogP) is 1.81. The summed E-state index contributed by atoms with van der Waals surface area (Å²) in [5.41, 5.74) is 5.72. The maximum Gasteiger partial charge on any atom is 0.267 e. The molecule has 2 rings (SSSR count). The van der Waals surface area contributed by atoms with Crippen LogP contribution in [0.5, 0.6) is 0 Å². The Labute approximate surface area is 109 Å². The Morgan fingerprint density at radius 1 is 1.37 bits per heavy atom. The number of sulfonamides is 1. The molecule has 0 saturated carbocycles. The van der Waals surface area contributed by atoms with E-state index >= 15 is 0 Å². The lowest BCUT2D eigenvalue weighted by Crippen LogP contribution is -2.15. The zero-order chi connectivity index (χ0) is 14.2. The van der Waals surface area contributed by atoms with Crippen molar-refractivity contribution in [1.82, 2.24) is 5.16 Å². The number of halogens is 1. The average Bonchev–Trinajstić information content (AvgIpc) is 2.64. The molecule has 0 unspecified atom stereocenters. The van der Waals surface area contributed by atoms with Gasteiger partial charge in [0, 0.05) is 5.69 Å². The molecule has 0 amide bonds. The lowest BCUT2D eigenvalue weighted by Gasteiger charge is -2.09. The lowest BCUT2D eigenvalue weighted by atomic mass is 10.3. The van der Waals surface area contributed by atoms with Gasteiger partial charge in [0.25, 0.3) is 10.0 Å². The zero-order valence-electron chi connectivity index (χ0n) is 10.3. The largest absolute Gasteiger partial charge is 0.399 e. The third kappa shape index (κ3) is 2.53. The fourth-order valence-corrected chi connectivity index (χ4v) is 3.07. The number of nitrogen functional groups attached to an aromatic ring is 1. The van der Waals surface area contributed by atoms with E-state index in [1.807, 2.05) is 0 Å². The van der Waals surface area contributed by atoms with Crippen LogP contribution in [0.4, 0.5) is 15.8 Å². The molecular formula is C11H12FN3O3S. The minimum atomic E-state index is -3.97. The number of aromatic nitrogens is 1. The number of anilines is 2. The molecule has 6 nitrogen and oxygen atoms in total. The minimum absolute atomic E-state index is 0.102. The van der Waals surface area contributed by atoms with Gasteiger partial charge in [-0.25, -0.2) is 12.8 Å². The molecule has 0 bridgehead atoms. The van der Waals surface area contributed by atoms with Crippen molar-refractivity contribution in [2.24, 2.45) is 0 Å². The van der Waals surface area contributed by atoms with E-state index in [2.05, 4.69) is 9.88 Å². The van der Waals surface area contributed by atoms with Crippen molar-refractivity contribution in [3.8, 4) is 0 Å². The standard InChI is InChI=1S/C11H12FN3O3S/c1-6-11(7(2)18-14-6)19(16,17)15-10-5-8(13)3-4-9(10)12/h3-5,15H,13H2,1-2H3. The fourth-order valence-electron chi connectivity index (χ4n) is 1.68. The van der Waals surface area contributed by atoms with Gasteiger partial charge < -0.3 is 10.3 Å². The van der Waals surface area contributed by atoms with E-state index in [9.17, 15) is 12.8 Å². The van der Waals surface area contributed by atoms with Crippen LogP contribution in [0.2, 0.25) is 0 Å². The molecule has 1 aromatic carbocycles. The van der Waals surface area contributed by atoms with Gasteiger partial charge in [-0.1, -0.05) is 5.16 Å². The van der Waals surface area contributed by atoms with Crippen molar-refractivity contribution in [1.29, 1.82) is 0 Å². The first kappa shape index (κ1) is 13.3. The minimum Gasteiger partial charge on any atom is -0.399 e. The number of hydrogen-bond acceptors (Lipinski definition) is 5.